The van der Waals surface area contributed by atoms with E-state index in [0.717, 1.165) is 75.9 Å². The van der Waals surface area contributed by atoms with Crippen molar-refractivity contribution in [1.29, 1.82) is 21.0 Å². The van der Waals surface area contributed by atoms with E-state index in [0.29, 0.717) is 66.6 Å². The minimum absolute atomic E-state index is 0.400. The van der Waals surface area contributed by atoms with E-state index in [1.165, 1.54) is 0 Å². The van der Waals surface area contributed by atoms with Crippen molar-refractivity contribution >= 4 is 120 Å². The summed E-state index contributed by atoms with van der Waals surface area (Å²) < 4.78 is 4.20. The third-order valence-corrected chi connectivity index (χ3v) is 11.3. The number of hydrogen-bond acceptors (Lipinski definition) is 10. The van der Waals surface area contributed by atoms with Crippen LogP contribution in [0.3, 0.4) is 0 Å². The molecule has 9 aromatic heterocycles. The third-order valence-electron chi connectivity index (χ3n) is 11.3. The topological polar surface area (TPSA) is 181 Å². The molecule has 0 aliphatic heterocycles. The lowest BCUT2D eigenvalue weighted by Crippen LogP contribution is -1.96. The number of rotatable bonds is 0. The van der Waals surface area contributed by atoms with E-state index in [1.54, 1.807) is 24.8 Å². The molecule has 0 saturated carbocycles. The molecule has 0 aliphatic carbocycles. The molecule has 0 amide bonds. The predicted octanol–water partition coefficient (Wildman–Crippen LogP) is 8.46. The molecule has 12 heteroatoms. The van der Waals surface area contributed by atoms with Crippen molar-refractivity contribution in [2.24, 2.45) is 0 Å². The first kappa shape index (κ1) is 28.7. The van der Waals surface area contributed by atoms with Crippen LogP contribution in [0, 0.1) is 45.3 Å². The standard InChI is InChI=1S/C44H14N12/c45-13-19-7-25-27-11-21(15-47)17-51-43(27)55-39(25)29(9-19)31-37-38(54-36-24-4-2-6-50-34(24)33-23(35(36)53-37)3-1-5-49-33)32-30-10-20(14-46)8-26-28-12-22(16-48)18-52-44(28)56(40(26)30)42(32)41(31)55/h1-12,17-18H. The van der Waals surface area contributed by atoms with E-state index in [4.69, 9.17) is 29.9 Å². The van der Waals surface area contributed by atoms with Crippen molar-refractivity contribution in [3.63, 3.8) is 0 Å². The van der Waals surface area contributed by atoms with Gasteiger partial charge in [-0.2, -0.15) is 21.0 Å². The Morgan fingerprint density at radius 2 is 0.804 bits per heavy atom. The van der Waals surface area contributed by atoms with Crippen molar-refractivity contribution < 1.29 is 0 Å². The van der Waals surface area contributed by atoms with E-state index in [1.807, 2.05) is 60.7 Å². The molecule has 0 spiro atoms. The van der Waals surface area contributed by atoms with Crippen LogP contribution in [-0.2, 0) is 0 Å². The van der Waals surface area contributed by atoms with Gasteiger partial charge >= 0.3 is 0 Å². The quantitative estimate of drug-likeness (QED) is 0.109. The van der Waals surface area contributed by atoms with E-state index >= 15 is 0 Å². The van der Waals surface area contributed by atoms with Crippen molar-refractivity contribution in [3.05, 3.63) is 108 Å². The van der Waals surface area contributed by atoms with Crippen LogP contribution in [0.1, 0.15) is 22.3 Å². The molecule has 0 saturated heterocycles. The predicted molar refractivity (Wildman–Crippen MR) is 211 cm³/mol. The van der Waals surface area contributed by atoms with Gasteiger partial charge in [-0.25, -0.2) is 19.9 Å². The van der Waals surface area contributed by atoms with Crippen LogP contribution in [0.2, 0.25) is 0 Å². The van der Waals surface area contributed by atoms with Crippen molar-refractivity contribution in [2.75, 3.05) is 0 Å². The molecule has 13 aromatic rings. The first-order valence-electron chi connectivity index (χ1n) is 17.5. The monoisotopic (exact) mass is 710 g/mol. The highest BCUT2D eigenvalue weighted by atomic mass is 15.0. The summed E-state index contributed by atoms with van der Waals surface area (Å²) in [6.07, 6.45) is 6.61. The molecule has 56 heavy (non-hydrogen) atoms. The smallest absolute Gasteiger partial charge is 0.145 e. The van der Waals surface area contributed by atoms with Gasteiger partial charge in [0.1, 0.15) is 34.5 Å². The Bertz CT molecular complexity index is 3950. The zero-order valence-corrected chi connectivity index (χ0v) is 28.4. The molecule has 0 atom stereocenters. The Morgan fingerprint density at radius 1 is 0.393 bits per heavy atom. The fraction of sp³-hybridized carbons (Fsp3) is 0. The average molecular weight is 711 g/mol. The van der Waals surface area contributed by atoms with Crippen LogP contribution < -0.4 is 0 Å². The minimum atomic E-state index is 0.400. The van der Waals surface area contributed by atoms with Gasteiger partial charge in [0.05, 0.1) is 78.5 Å². The summed E-state index contributed by atoms with van der Waals surface area (Å²) in [5, 5.41) is 48.3. The normalized spacial score (nSPS) is 12.2. The maximum Gasteiger partial charge on any atom is 0.145 e. The summed E-state index contributed by atoms with van der Waals surface area (Å²) in [6, 6.07) is 27.9. The van der Waals surface area contributed by atoms with E-state index in [-0.39, 0.29) is 0 Å². The molecule has 0 unspecified atom stereocenters. The second-order valence-electron chi connectivity index (χ2n) is 14.0. The van der Waals surface area contributed by atoms with Gasteiger partial charge in [0.2, 0.25) is 0 Å². The van der Waals surface area contributed by atoms with Gasteiger partial charge in [-0.05, 0) is 60.7 Å². The molecule has 12 nitrogen and oxygen atoms in total. The highest BCUT2D eigenvalue weighted by molar-refractivity contribution is 6.40. The Labute approximate surface area is 311 Å². The number of fused-ring (bicyclic) bond motifs is 22. The van der Waals surface area contributed by atoms with E-state index in [2.05, 4.69) is 33.1 Å². The highest BCUT2D eigenvalue weighted by Crippen LogP contribution is 2.50. The highest BCUT2D eigenvalue weighted by Gasteiger charge is 2.30. The summed E-state index contributed by atoms with van der Waals surface area (Å²) in [5.41, 5.74) is 9.99. The van der Waals surface area contributed by atoms with Crippen molar-refractivity contribution in [2.45, 2.75) is 0 Å². The number of aromatic nitrogens is 8. The number of benzene rings is 4. The first-order valence-corrected chi connectivity index (χ1v) is 17.5. The van der Waals surface area contributed by atoms with Crippen LogP contribution in [0.15, 0.2) is 85.5 Å². The van der Waals surface area contributed by atoms with Crippen molar-refractivity contribution in [3.8, 4) is 24.3 Å². The Morgan fingerprint density at radius 3 is 1.23 bits per heavy atom. The van der Waals surface area contributed by atoms with Crippen LogP contribution >= 0.6 is 0 Å². The van der Waals surface area contributed by atoms with Gasteiger partial charge in [0.15, 0.2) is 0 Å². The lowest BCUT2D eigenvalue weighted by molar-refractivity contribution is 1.24. The molecule has 0 fully saturated rings. The average Bonchev–Trinajstić information content (AvgIpc) is 3.98. The molecule has 0 radical (unpaired) electrons. The number of nitrogens with zero attached hydrogens (tertiary/aromatic N) is 12. The fourth-order valence-electron chi connectivity index (χ4n) is 9.25. The van der Waals surface area contributed by atoms with Gasteiger partial charge in [-0.1, -0.05) is 0 Å². The zero-order chi connectivity index (χ0) is 37.1. The minimum Gasteiger partial charge on any atom is -0.290 e. The Balaban J connectivity index is 1.43. The molecule has 4 aromatic carbocycles. The molecule has 0 N–H and O–H groups in total. The summed E-state index contributed by atoms with van der Waals surface area (Å²) in [7, 11) is 0. The van der Waals surface area contributed by atoms with Gasteiger partial charge in [0.25, 0.3) is 0 Å². The number of pyridine rings is 4. The summed E-state index contributed by atoms with van der Waals surface area (Å²) >= 11 is 0. The lowest BCUT2D eigenvalue weighted by atomic mass is 9.99. The second-order valence-corrected chi connectivity index (χ2v) is 14.0. The SMILES string of the molecule is N#Cc1cnc2c(c1)c1cc(C#N)cc3c4c5nc6c7cccnc7c7ncccc7c6nc5c5c6cc(C#N)cc7c8cc(C#N)cnc8n(c76)c5c4n2c13. The van der Waals surface area contributed by atoms with Gasteiger partial charge in [0, 0.05) is 78.6 Å². The maximum absolute atomic E-state index is 10.4. The number of nitriles is 4. The lowest BCUT2D eigenvalue weighted by Gasteiger charge is -2.11. The third kappa shape index (κ3) is 3.15. The van der Waals surface area contributed by atoms with Gasteiger partial charge in [-0.3, -0.25) is 18.8 Å². The molecule has 0 aliphatic rings. The molecule has 13 rings (SSSR count). The second kappa shape index (κ2) is 9.57. The van der Waals surface area contributed by atoms with Gasteiger partial charge in [-0.15, -0.1) is 0 Å². The Kier molecular flexibility index (Phi) is 4.91. The molecular formula is C44H14N12. The molecule has 9 heterocycles. The number of hydrogen-bond donors (Lipinski definition) is 0. The van der Waals surface area contributed by atoms with Crippen LogP contribution in [0.25, 0.3) is 120 Å². The van der Waals surface area contributed by atoms with Gasteiger partial charge < -0.3 is 0 Å². The first-order chi connectivity index (χ1) is 27.6. The maximum atomic E-state index is 10.4. The van der Waals surface area contributed by atoms with E-state index in [9.17, 15) is 21.0 Å². The largest absolute Gasteiger partial charge is 0.290 e. The van der Waals surface area contributed by atoms with E-state index < -0.39 is 0 Å². The fourth-order valence-corrected chi connectivity index (χ4v) is 9.25. The Hall–Kier alpha value is -8.84. The summed E-state index contributed by atoms with van der Waals surface area (Å²) in [5.74, 6) is 0. The van der Waals surface area contributed by atoms with Crippen LogP contribution in [-0.4, -0.2) is 38.7 Å². The van der Waals surface area contributed by atoms with Crippen molar-refractivity contribution in [1.82, 2.24) is 38.7 Å². The summed E-state index contributed by atoms with van der Waals surface area (Å²) in [4.78, 5) is 30.3. The summed E-state index contributed by atoms with van der Waals surface area (Å²) in [6.45, 7) is 0. The van der Waals surface area contributed by atoms with Crippen LogP contribution in [0.5, 0.6) is 0 Å². The molecule has 250 valence electrons. The molecule has 0 bridgehead atoms. The molecular weight excluding hydrogens is 697 g/mol. The van der Waals surface area contributed by atoms with Crippen LogP contribution in [0.4, 0.5) is 0 Å². The zero-order valence-electron chi connectivity index (χ0n) is 28.4.